The fourth-order valence-electron chi connectivity index (χ4n) is 2.09. The van der Waals surface area contributed by atoms with Gasteiger partial charge in [0.2, 0.25) is 0 Å². The molecule has 5 heteroatoms. The second kappa shape index (κ2) is 5.20. The van der Waals surface area contributed by atoms with Crippen molar-refractivity contribution in [2.24, 2.45) is 0 Å². The summed E-state index contributed by atoms with van der Waals surface area (Å²) in [6, 6.07) is 14.8. The molecule has 3 rings (SSSR count). The van der Waals surface area contributed by atoms with Crippen LogP contribution in [0.25, 0.3) is 16.8 Å². The van der Waals surface area contributed by atoms with E-state index in [9.17, 15) is 14.3 Å². The maximum atomic E-state index is 13.0. The van der Waals surface area contributed by atoms with Crippen molar-refractivity contribution in [1.82, 2.24) is 9.78 Å². The van der Waals surface area contributed by atoms with E-state index in [0.717, 1.165) is 5.56 Å². The number of carbonyl (C=O) groups is 1. The van der Waals surface area contributed by atoms with Gasteiger partial charge < -0.3 is 5.11 Å². The highest BCUT2D eigenvalue weighted by molar-refractivity contribution is 5.93. The van der Waals surface area contributed by atoms with Gasteiger partial charge in [0.15, 0.2) is 5.69 Å². The van der Waals surface area contributed by atoms with Gasteiger partial charge in [0, 0.05) is 11.8 Å². The highest BCUT2D eigenvalue weighted by Gasteiger charge is 2.17. The first-order valence-corrected chi connectivity index (χ1v) is 6.29. The molecule has 104 valence electrons. The highest BCUT2D eigenvalue weighted by Crippen LogP contribution is 2.24. The van der Waals surface area contributed by atoms with Crippen molar-refractivity contribution < 1.29 is 14.3 Å². The van der Waals surface area contributed by atoms with Crippen molar-refractivity contribution in [3.63, 3.8) is 0 Å². The van der Waals surface area contributed by atoms with E-state index in [-0.39, 0.29) is 11.5 Å². The molecule has 2 aromatic carbocycles. The van der Waals surface area contributed by atoms with Crippen molar-refractivity contribution >= 4 is 5.97 Å². The van der Waals surface area contributed by atoms with Crippen LogP contribution in [0.4, 0.5) is 4.39 Å². The molecule has 3 aromatic rings. The summed E-state index contributed by atoms with van der Waals surface area (Å²) in [5, 5.41) is 13.4. The van der Waals surface area contributed by atoms with Crippen LogP contribution in [-0.4, -0.2) is 20.9 Å². The van der Waals surface area contributed by atoms with E-state index in [2.05, 4.69) is 5.10 Å². The molecule has 0 unspecified atom stereocenters. The topological polar surface area (TPSA) is 55.1 Å². The summed E-state index contributed by atoms with van der Waals surface area (Å²) in [5.41, 5.74) is 1.85. The lowest BCUT2D eigenvalue weighted by molar-refractivity contribution is 0.0691. The van der Waals surface area contributed by atoms with E-state index in [1.165, 1.54) is 16.8 Å². The molecule has 0 atom stereocenters. The van der Waals surface area contributed by atoms with E-state index >= 15 is 0 Å². The molecule has 0 aliphatic carbocycles. The van der Waals surface area contributed by atoms with Gasteiger partial charge in [-0.3, -0.25) is 0 Å². The largest absolute Gasteiger partial charge is 0.476 e. The number of aromatic carboxylic acids is 1. The summed E-state index contributed by atoms with van der Waals surface area (Å²) in [6.45, 7) is 0. The Bertz CT molecular complexity index is 780. The van der Waals surface area contributed by atoms with Crippen LogP contribution >= 0.6 is 0 Å². The minimum Gasteiger partial charge on any atom is -0.476 e. The Hall–Kier alpha value is -2.95. The van der Waals surface area contributed by atoms with Crippen molar-refractivity contribution in [2.45, 2.75) is 0 Å². The second-order valence-electron chi connectivity index (χ2n) is 4.48. The maximum absolute atomic E-state index is 13.0. The van der Waals surface area contributed by atoms with Gasteiger partial charge >= 0.3 is 5.97 Å². The summed E-state index contributed by atoms with van der Waals surface area (Å²) in [6.07, 6.45) is 1.63. The number of nitrogens with zero attached hydrogens (tertiary/aromatic N) is 2. The molecule has 4 nitrogen and oxygen atoms in total. The standard InChI is InChI=1S/C16H11FN2O2/c17-12-6-8-13(9-7-12)19-10-14(15(18-19)16(20)21)11-4-2-1-3-5-11/h1-10H,(H,20,21). The number of carboxylic acid groups (broad SMARTS) is 1. The third-order valence-electron chi connectivity index (χ3n) is 3.09. The number of halogens is 1. The monoisotopic (exact) mass is 282 g/mol. The quantitative estimate of drug-likeness (QED) is 0.801. The summed E-state index contributed by atoms with van der Waals surface area (Å²) < 4.78 is 14.4. The van der Waals surface area contributed by atoms with Crippen LogP contribution in [0.1, 0.15) is 10.5 Å². The van der Waals surface area contributed by atoms with Crippen LogP contribution in [0.5, 0.6) is 0 Å². The zero-order valence-corrected chi connectivity index (χ0v) is 10.9. The van der Waals surface area contributed by atoms with Gasteiger partial charge in [0.1, 0.15) is 5.82 Å². The Morgan fingerprint density at radius 1 is 1.05 bits per heavy atom. The number of carboxylic acids is 1. The van der Waals surface area contributed by atoms with Crippen molar-refractivity contribution in [3.05, 3.63) is 72.3 Å². The fourth-order valence-corrected chi connectivity index (χ4v) is 2.09. The summed E-state index contributed by atoms with van der Waals surface area (Å²) in [7, 11) is 0. The third kappa shape index (κ3) is 2.53. The number of benzene rings is 2. The van der Waals surface area contributed by atoms with Gasteiger partial charge in [-0.25, -0.2) is 13.9 Å². The Morgan fingerprint density at radius 3 is 2.33 bits per heavy atom. The molecule has 21 heavy (non-hydrogen) atoms. The predicted octanol–water partition coefficient (Wildman–Crippen LogP) is 3.38. The van der Waals surface area contributed by atoms with Crippen molar-refractivity contribution in [1.29, 1.82) is 0 Å². The van der Waals surface area contributed by atoms with Crippen LogP contribution in [0, 0.1) is 5.82 Å². The van der Waals surface area contributed by atoms with Crippen LogP contribution < -0.4 is 0 Å². The van der Waals surface area contributed by atoms with Gasteiger partial charge in [-0.2, -0.15) is 5.10 Å². The van der Waals surface area contributed by atoms with E-state index in [1.807, 2.05) is 30.3 Å². The smallest absolute Gasteiger partial charge is 0.357 e. The van der Waals surface area contributed by atoms with Crippen molar-refractivity contribution in [2.75, 3.05) is 0 Å². The summed E-state index contributed by atoms with van der Waals surface area (Å²) in [4.78, 5) is 11.4. The van der Waals surface area contributed by atoms with E-state index in [1.54, 1.807) is 18.3 Å². The molecule has 0 saturated carbocycles. The minimum atomic E-state index is -1.10. The molecular formula is C16H11FN2O2. The van der Waals surface area contributed by atoms with Crippen LogP contribution in [0.15, 0.2) is 60.8 Å². The van der Waals surface area contributed by atoms with Gasteiger partial charge in [0.05, 0.1) is 5.69 Å². The Morgan fingerprint density at radius 2 is 1.71 bits per heavy atom. The highest BCUT2D eigenvalue weighted by atomic mass is 19.1. The third-order valence-corrected chi connectivity index (χ3v) is 3.09. The molecule has 0 fully saturated rings. The number of hydrogen-bond donors (Lipinski definition) is 1. The number of hydrogen-bond acceptors (Lipinski definition) is 2. The molecule has 1 aromatic heterocycles. The molecule has 0 bridgehead atoms. The van der Waals surface area contributed by atoms with Crippen LogP contribution in [0.3, 0.4) is 0 Å². The Balaban J connectivity index is 2.13. The first-order valence-electron chi connectivity index (χ1n) is 6.29. The lowest BCUT2D eigenvalue weighted by Crippen LogP contribution is -2.01. The number of aromatic nitrogens is 2. The van der Waals surface area contributed by atoms with E-state index < -0.39 is 5.97 Å². The van der Waals surface area contributed by atoms with Crippen molar-refractivity contribution in [3.8, 4) is 16.8 Å². The maximum Gasteiger partial charge on any atom is 0.357 e. The predicted molar refractivity (Wildman–Crippen MR) is 75.9 cm³/mol. The average molecular weight is 282 g/mol. The molecule has 1 N–H and O–H groups in total. The molecule has 0 aliphatic heterocycles. The molecule has 0 radical (unpaired) electrons. The SMILES string of the molecule is O=C(O)c1nn(-c2ccc(F)cc2)cc1-c1ccccc1. The van der Waals surface area contributed by atoms with E-state index in [4.69, 9.17) is 0 Å². The fraction of sp³-hybridized carbons (Fsp3) is 0. The molecule has 0 saturated heterocycles. The molecule has 0 aliphatic rings. The first kappa shape index (κ1) is 13.1. The first-order chi connectivity index (χ1) is 10.1. The number of rotatable bonds is 3. The Labute approximate surface area is 120 Å². The van der Waals surface area contributed by atoms with Crippen LogP contribution in [-0.2, 0) is 0 Å². The zero-order chi connectivity index (χ0) is 14.8. The minimum absolute atomic E-state index is 0.0366. The molecule has 0 spiro atoms. The molecular weight excluding hydrogens is 271 g/mol. The zero-order valence-electron chi connectivity index (χ0n) is 10.9. The van der Waals surface area contributed by atoms with E-state index in [0.29, 0.717) is 11.3 Å². The van der Waals surface area contributed by atoms with Gasteiger partial charge in [-0.15, -0.1) is 0 Å². The average Bonchev–Trinajstić information content (AvgIpc) is 2.94. The molecule has 0 amide bonds. The summed E-state index contributed by atoms with van der Waals surface area (Å²) in [5.74, 6) is -1.46. The molecule has 1 heterocycles. The summed E-state index contributed by atoms with van der Waals surface area (Å²) >= 11 is 0. The normalized spacial score (nSPS) is 10.5. The van der Waals surface area contributed by atoms with Gasteiger partial charge in [-0.05, 0) is 29.8 Å². The second-order valence-corrected chi connectivity index (χ2v) is 4.48. The Kier molecular flexibility index (Phi) is 3.23. The van der Waals surface area contributed by atoms with Gasteiger partial charge in [0.25, 0.3) is 0 Å². The lowest BCUT2D eigenvalue weighted by atomic mass is 10.1. The lowest BCUT2D eigenvalue weighted by Gasteiger charge is -2.00. The van der Waals surface area contributed by atoms with Gasteiger partial charge in [-0.1, -0.05) is 30.3 Å². The van der Waals surface area contributed by atoms with Crippen LogP contribution in [0.2, 0.25) is 0 Å².